The molecule has 7 nitrogen and oxygen atoms in total. The van der Waals surface area contributed by atoms with E-state index in [-0.39, 0.29) is 11.8 Å². The first-order valence-corrected chi connectivity index (χ1v) is 11.3. The Morgan fingerprint density at radius 1 is 1.20 bits per heavy atom. The van der Waals surface area contributed by atoms with Crippen molar-refractivity contribution in [1.82, 2.24) is 15.2 Å². The van der Waals surface area contributed by atoms with E-state index in [1.165, 1.54) is 0 Å². The van der Waals surface area contributed by atoms with Gasteiger partial charge in [0.2, 0.25) is 5.91 Å². The highest BCUT2D eigenvalue weighted by Crippen LogP contribution is 2.31. The summed E-state index contributed by atoms with van der Waals surface area (Å²) >= 11 is 1.63. The standard InChI is InChI=1S/C22H27N5O2S/c1-26-8-2-9-27(11-10-26)20-6-3-16(14-23-20)15-24-22(29)17-4-5-19-18(13-17)25-21(28)7-12-30-19/h3-6,13-14H,2,7-12,15H2,1H3,(H,24,29)(H,25,28). The molecule has 1 saturated heterocycles. The maximum atomic E-state index is 12.6. The van der Waals surface area contributed by atoms with Gasteiger partial charge in [0, 0.05) is 55.0 Å². The number of fused-ring (bicyclic) bond motifs is 1. The summed E-state index contributed by atoms with van der Waals surface area (Å²) in [6.07, 6.45) is 3.45. The quantitative estimate of drug-likeness (QED) is 0.784. The third-order valence-corrected chi connectivity index (χ3v) is 6.48. The average Bonchev–Trinajstić information content (AvgIpc) is 3.08. The first kappa shape index (κ1) is 20.7. The summed E-state index contributed by atoms with van der Waals surface area (Å²) in [6.45, 7) is 4.56. The Bertz CT molecular complexity index is 918. The fraction of sp³-hybridized carbons (Fsp3) is 0.409. The molecule has 2 aliphatic heterocycles. The Labute approximate surface area is 181 Å². The summed E-state index contributed by atoms with van der Waals surface area (Å²) < 4.78 is 0. The summed E-state index contributed by atoms with van der Waals surface area (Å²) in [5.74, 6) is 1.56. The van der Waals surface area contributed by atoms with Crippen LogP contribution in [-0.2, 0) is 11.3 Å². The maximum absolute atomic E-state index is 12.6. The van der Waals surface area contributed by atoms with Crippen LogP contribution in [-0.4, -0.2) is 60.7 Å². The highest BCUT2D eigenvalue weighted by atomic mass is 32.2. The second-order valence-corrected chi connectivity index (χ2v) is 8.85. The Kier molecular flexibility index (Phi) is 6.54. The minimum Gasteiger partial charge on any atom is -0.355 e. The molecule has 30 heavy (non-hydrogen) atoms. The number of anilines is 2. The van der Waals surface area contributed by atoms with E-state index in [1.807, 2.05) is 24.4 Å². The van der Waals surface area contributed by atoms with Crippen molar-refractivity contribution in [2.24, 2.45) is 0 Å². The number of nitrogens with one attached hydrogen (secondary N) is 2. The fourth-order valence-corrected chi connectivity index (χ4v) is 4.57. The number of rotatable bonds is 4. The van der Waals surface area contributed by atoms with E-state index in [9.17, 15) is 9.59 Å². The Morgan fingerprint density at radius 2 is 2.10 bits per heavy atom. The van der Waals surface area contributed by atoms with Gasteiger partial charge in [-0.25, -0.2) is 4.98 Å². The molecule has 1 aromatic carbocycles. The molecule has 8 heteroatoms. The van der Waals surface area contributed by atoms with Gasteiger partial charge >= 0.3 is 0 Å². The summed E-state index contributed by atoms with van der Waals surface area (Å²) in [5.41, 5.74) is 2.21. The number of hydrogen-bond donors (Lipinski definition) is 2. The first-order chi connectivity index (χ1) is 14.6. The van der Waals surface area contributed by atoms with E-state index in [2.05, 4.69) is 32.5 Å². The third kappa shape index (κ3) is 5.12. The van der Waals surface area contributed by atoms with Crippen molar-refractivity contribution in [3.8, 4) is 0 Å². The van der Waals surface area contributed by atoms with Crippen molar-refractivity contribution >= 4 is 35.1 Å². The lowest BCUT2D eigenvalue weighted by atomic mass is 10.1. The zero-order valence-corrected chi connectivity index (χ0v) is 18.0. The Balaban J connectivity index is 1.35. The molecule has 158 valence electrons. The summed E-state index contributed by atoms with van der Waals surface area (Å²) in [6, 6.07) is 9.50. The number of aromatic nitrogens is 1. The van der Waals surface area contributed by atoms with Crippen LogP contribution in [0, 0.1) is 0 Å². The van der Waals surface area contributed by atoms with Gasteiger partial charge in [-0.2, -0.15) is 0 Å². The van der Waals surface area contributed by atoms with Gasteiger partial charge in [0.15, 0.2) is 0 Å². The number of pyridine rings is 1. The van der Waals surface area contributed by atoms with E-state index in [1.54, 1.807) is 23.9 Å². The van der Waals surface area contributed by atoms with Crippen LogP contribution in [0.15, 0.2) is 41.4 Å². The molecule has 1 aromatic heterocycles. The van der Waals surface area contributed by atoms with Crippen LogP contribution >= 0.6 is 11.8 Å². The third-order valence-electron chi connectivity index (χ3n) is 5.41. The number of carbonyl (C=O) groups is 2. The van der Waals surface area contributed by atoms with Crippen LogP contribution < -0.4 is 15.5 Å². The molecule has 0 spiro atoms. The lowest BCUT2D eigenvalue weighted by Crippen LogP contribution is -2.29. The molecule has 4 rings (SSSR count). The zero-order valence-electron chi connectivity index (χ0n) is 17.2. The van der Waals surface area contributed by atoms with Gasteiger partial charge in [-0.1, -0.05) is 6.07 Å². The van der Waals surface area contributed by atoms with Crippen LogP contribution in [0.5, 0.6) is 0 Å². The van der Waals surface area contributed by atoms with Crippen LogP contribution in [0.25, 0.3) is 0 Å². The van der Waals surface area contributed by atoms with Crippen LogP contribution in [0.1, 0.15) is 28.8 Å². The normalized spacial score (nSPS) is 17.5. The number of carbonyl (C=O) groups excluding carboxylic acids is 2. The predicted octanol–water partition coefficient (Wildman–Crippen LogP) is 2.59. The molecule has 2 amide bonds. The second-order valence-electron chi connectivity index (χ2n) is 7.71. The number of thioether (sulfide) groups is 1. The highest BCUT2D eigenvalue weighted by molar-refractivity contribution is 7.99. The highest BCUT2D eigenvalue weighted by Gasteiger charge is 2.16. The van der Waals surface area contributed by atoms with Gasteiger partial charge in [0.1, 0.15) is 5.82 Å². The minimum atomic E-state index is -0.166. The average molecular weight is 426 g/mol. The van der Waals surface area contributed by atoms with E-state index in [0.717, 1.165) is 54.6 Å². The van der Waals surface area contributed by atoms with Gasteiger partial charge in [0.25, 0.3) is 5.91 Å². The van der Waals surface area contributed by atoms with Crippen LogP contribution in [0.3, 0.4) is 0 Å². The lowest BCUT2D eigenvalue weighted by molar-refractivity contribution is -0.115. The monoisotopic (exact) mass is 425 g/mol. The van der Waals surface area contributed by atoms with Crippen molar-refractivity contribution in [1.29, 1.82) is 0 Å². The van der Waals surface area contributed by atoms with E-state index in [0.29, 0.717) is 24.2 Å². The molecule has 0 aliphatic carbocycles. The van der Waals surface area contributed by atoms with E-state index >= 15 is 0 Å². The van der Waals surface area contributed by atoms with Gasteiger partial charge < -0.3 is 20.4 Å². The Morgan fingerprint density at radius 3 is 2.93 bits per heavy atom. The van der Waals surface area contributed by atoms with E-state index < -0.39 is 0 Å². The smallest absolute Gasteiger partial charge is 0.251 e. The summed E-state index contributed by atoms with van der Waals surface area (Å²) in [7, 11) is 2.15. The minimum absolute atomic E-state index is 0.0129. The number of benzene rings is 1. The molecule has 0 unspecified atom stereocenters. The van der Waals surface area contributed by atoms with Crippen molar-refractivity contribution < 1.29 is 9.59 Å². The van der Waals surface area contributed by atoms with Crippen molar-refractivity contribution in [3.05, 3.63) is 47.7 Å². The number of nitrogens with zero attached hydrogens (tertiary/aromatic N) is 3. The first-order valence-electron chi connectivity index (χ1n) is 10.3. The molecule has 1 fully saturated rings. The number of amides is 2. The molecule has 2 aromatic rings. The molecular formula is C22H27N5O2S. The zero-order chi connectivity index (χ0) is 20.9. The van der Waals surface area contributed by atoms with Gasteiger partial charge in [-0.05, 0) is 49.8 Å². The molecule has 0 atom stereocenters. The van der Waals surface area contributed by atoms with Gasteiger partial charge in [0.05, 0.1) is 5.69 Å². The second kappa shape index (κ2) is 9.49. The lowest BCUT2D eigenvalue weighted by Gasteiger charge is -2.21. The fourth-order valence-electron chi connectivity index (χ4n) is 3.63. The molecule has 2 aliphatic rings. The van der Waals surface area contributed by atoms with Crippen LogP contribution in [0.2, 0.25) is 0 Å². The van der Waals surface area contributed by atoms with E-state index in [4.69, 9.17) is 0 Å². The van der Waals surface area contributed by atoms with Gasteiger partial charge in [-0.15, -0.1) is 11.8 Å². The van der Waals surface area contributed by atoms with Crippen molar-refractivity contribution in [2.45, 2.75) is 24.3 Å². The maximum Gasteiger partial charge on any atom is 0.251 e. The van der Waals surface area contributed by atoms with Crippen molar-refractivity contribution in [2.75, 3.05) is 49.2 Å². The topological polar surface area (TPSA) is 77.6 Å². The largest absolute Gasteiger partial charge is 0.355 e. The number of hydrogen-bond acceptors (Lipinski definition) is 6. The molecule has 3 heterocycles. The SMILES string of the molecule is CN1CCCN(c2ccc(CNC(=O)c3ccc4c(c3)NC(=O)CCS4)cn2)CC1. The predicted molar refractivity (Wildman–Crippen MR) is 120 cm³/mol. The molecule has 0 radical (unpaired) electrons. The summed E-state index contributed by atoms with van der Waals surface area (Å²) in [5, 5.41) is 5.82. The molecule has 0 saturated carbocycles. The molecular weight excluding hydrogens is 398 g/mol. The van der Waals surface area contributed by atoms with Gasteiger partial charge in [-0.3, -0.25) is 9.59 Å². The van der Waals surface area contributed by atoms with Crippen LogP contribution in [0.4, 0.5) is 11.5 Å². The number of likely N-dealkylation sites (N-methyl/N-ethyl adjacent to an activating group) is 1. The Hall–Kier alpha value is -2.58. The molecule has 2 N–H and O–H groups in total. The molecule has 0 bridgehead atoms. The van der Waals surface area contributed by atoms with Crippen molar-refractivity contribution in [3.63, 3.8) is 0 Å². The summed E-state index contributed by atoms with van der Waals surface area (Å²) in [4.78, 5) is 34.6.